The second-order valence-electron chi connectivity index (χ2n) is 6.45. The summed E-state index contributed by atoms with van der Waals surface area (Å²) in [4.78, 5) is 27.5. The lowest BCUT2D eigenvalue weighted by Crippen LogP contribution is -2.40. The molecular weight excluding hydrogens is 335 g/mol. The van der Waals surface area contributed by atoms with E-state index in [1.165, 1.54) is 15.9 Å². The van der Waals surface area contributed by atoms with Gasteiger partial charge in [-0.15, -0.1) is 0 Å². The first-order valence-electron chi connectivity index (χ1n) is 8.35. The molecule has 2 aliphatic heterocycles. The van der Waals surface area contributed by atoms with E-state index in [0.29, 0.717) is 25.9 Å². The van der Waals surface area contributed by atoms with Crippen LogP contribution >= 0.6 is 0 Å². The molecule has 0 saturated carbocycles. The molecule has 1 aromatic rings. The number of hydrogen-bond donors (Lipinski definition) is 1. The number of nitrogens with two attached hydrogens (primary N) is 1. The highest BCUT2D eigenvalue weighted by molar-refractivity contribution is 5.99. The summed E-state index contributed by atoms with van der Waals surface area (Å²) >= 11 is 0. The van der Waals surface area contributed by atoms with Crippen LogP contribution in [-0.2, 0) is 11.0 Å². The average molecular weight is 355 g/mol. The van der Waals surface area contributed by atoms with E-state index >= 15 is 0 Å². The molecule has 1 atom stereocenters. The summed E-state index contributed by atoms with van der Waals surface area (Å²) in [5, 5.41) is 0. The molecule has 2 heterocycles. The van der Waals surface area contributed by atoms with Crippen molar-refractivity contribution in [2.24, 2.45) is 5.73 Å². The minimum atomic E-state index is -4.59. The van der Waals surface area contributed by atoms with Gasteiger partial charge in [-0.1, -0.05) is 0 Å². The predicted octanol–water partition coefficient (Wildman–Crippen LogP) is 2.40. The van der Waals surface area contributed by atoms with E-state index in [2.05, 4.69) is 0 Å². The molecule has 8 heteroatoms. The standard InChI is InChI=1S/C17H20F3N3O2/c18-17(19,20)12-7-11(16(25)23-6-1-3-13(23)10-21)8-14(9-12)22-5-2-4-15(22)24/h7-9,13H,1-6,10,21H2. The van der Waals surface area contributed by atoms with Crippen molar-refractivity contribution < 1.29 is 22.8 Å². The van der Waals surface area contributed by atoms with Gasteiger partial charge in [0.2, 0.25) is 5.91 Å². The van der Waals surface area contributed by atoms with Gasteiger partial charge in [-0.2, -0.15) is 13.2 Å². The number of alkyl halides is 3. The third kappa shape index (κ3) is 3.49. The van der Waals surface area contributed by atoms with E-state index in [0.717, 1.165) is 25.0 Å². The molecule has 0 aromatic heterocycles. The topological polar surface area (TPSA) is 66.6 Å². The van der Waals surface area contributed by atoms with Crippen LogP contribution in [0.5, 0.6) is 0 Å². The Hall–Kier alpha value is -2.09. The van der Waals surface area contributed by atoms with Gasteiger partial charge in [0.15, 0.2) is 0 Å². The fourth-order valence-corrected chi connectivity index (χ4v) is 3.49. The Morgan fingerprint density at radius 2 is 1.96 bits per heavy atom. The lowest BCUT2D eigenvalue weighted by Gasteiger charge is -2.25. The van der Waals surface area contributed by atoms with Crippen LogP contribution in [0.25, 0.3) is 0 Å². The molecule has 3 rings (SSSR count). The number of carbonyl (C=O) groups is 2. The molecule has 25 heavy (non-hydrogen) atoms. The zero-order chi connectivity index (χ0) is 18.2. The van der Waals surface area contributed by atoms with Gasteiger partial charge in [0, 0.05) is 43.3 Å². The Morgan fingerprint density at radius 3 is 2.56 bits per heavy atom. The quantitative estimate of drug-likeness (QED) is 0.905. The highest BCUT2D eigenvalue weighted by atomic mass is 19.4. The SMILES string of the molecule is NCC1CCCN1C(=O)c1cc(N2CCCC2=O)cc(C(F)(F)F)c1. The number of anilines is 1. The molecule has 0 bridgehead atoms. The molecule has 1 unspecified atom stereocenters. The van der Waals surface area contributed by atoms with Crippen LogP contribution in [-0.4, -0.2) is 42.4 Å². The third-order valence-electron chi connectivity index (χ3n) is 4.79. The summed E-state index contributed by atoms with van der Waals surface area (Å²) in [5.41, 5.74) is 4.82. The number of hydrogen-bond acceptors (Lipinski definition) is 3. The zero-order valence-electron chi connectivity index (χ0n) is 13.7. The molecule has 2 saturated heterocycles. The highest BCUT2D eigenvalue weighted by Crippen LogP contribution is 2.35. The number of amides is 2. The van der Waals surface area contributed by atoms with Crippen LogP contribution in [0.2, 0.25) is 0 Å². The van der Waals surface area contributed by atoms with Crippen LogP contribution in [0.3, 0.4) is 0 Å². The minimum absolute atomic E-state index is 0.0510. The first kappa shape index (κ1) is 17.7. The Balaban J connectivity index is 2.00. The predicted molar refractivity (Wildman–Crippen MR) is 86.1 cm³/mol. The Morgan fingerprint density at radius 1 is 1.20 bits per heavy atom. The van der Waals surface area contributed by atoms with Gasteiger partial charge in [-0.25, -0.2) is 0 Å². The summed E-state index contributed by atoms with van der Waals surface area (Å²) in [7, 11) is 0. The Bertz CT molecular complexity index is 690. The van der Waals surface area contributed by atoms with Gasteiger partial charge < -0.3 is 15.5 Å². The van der Waals surface area contributed by atoms with Crippen LogP contribution in [0.1, 0.15) is 41.6 Å². The number of nitrogens with zero attached hydrogens (tertiary/aromatic N) is 2. The van der Waals surface area contributed by atoms with Gasteiger partial charge in [-0.05, 0) is 37.5 Å². The van der Waals surface area contributed by atoms with Gasteiger partial charge in [-0.3, -0.25) is 9.59 Å². The summed E-state index contributed by atoms with van der Waals surface area (Å²) in [6, 6.07) is 3.02. The fourth-order valence-electron chi connectivity index (χ4n) is 3.49. The number of halogens is 3. The molecule has 0 aliphatic carbocycles. The zero-order valence-corrected chi connectivity index (χ0v) is 13.7. The van der Waals surface area contributed by atoms with Crippen molar-refractivity contribution in [2.45, 2.75) is 37.9 Å². The van der Waals surface area contributed by atoms with Gasteiger partial charge in [0.05, 0.1) is 5.56 Å². The number of likely N-dealkylation sites (tertiary alicyclic amines) is 1. The van der Waals surface area contributed by atoms with Crippen molar-refractivity contribution >= 4 is 17.5 Å². The Kier molecular flexibility index (Phi) is 4.73. The van der Waals surface area contributed by atoms with Crippen molar-refractivity contribution in [3.8, 4) is 0 Å². The van der Waals surface area contributed by atoms with Gasteiger partial charge >= 0.3 is 6.18 Å². The van der Waals surface area contributed by atoms with Gasteiger partial charge in [0.25, 0.3) is 5.91 Å². The second kappa shape index (κ2) is 6.67. The summed E-state index contributed by atoms with van der Waals surface area (Å²) < 4.78 is 39.8. The van der Waals surface area contributed by atoms with Crippen molar-refractivity contribution in [1.29, 1.82) is 0 Å². The van der Waals surface area contributed by atoms with E-state index in [9.17, 15) is 22.8 Å². The molecule has 2 amide bonds. The fraction of sp³-hybridized carbons (Fsp3) is 0.529. The average Bonchev–Trinajstić information content (AvgIpc) is 3.21. The molecule has 2 aliphatic rings. The van der Waals surface area contributed by atoms with Crippen molar-refractivity contribution in [1.82, 2.24) is 4.90 Å². The van der Waals surface area contributed by atoms with E-state index < -0.39 is 17.6 Å². The van der Waals surface area contributed by atoms with Crippen LogP contribution < -0.4 is 10.6 Å². The van der Waals surface area contributed by atoms with Crippen molar-refractivity contribution in [3.05, 3.63) is 29.3 Å². The maximum atomic E-state index is 13.3. The number of benzene rings is 1. The van der Waals surface area contributed by atoms with Crippen LogP contribution in [0.4, 0.5) is 18.9 Å². The summed E-state index contributed by atoms with van der Waals surface area (Å²) in [6.07, 6.45) is -2.16. The first-order valence-corrected chi connectivity index (χ1v) is 8.35. The molecule has 0 radical (unpaired) electrons. The second-order valence-corrected chi connectivity index (χ2v) is 6.45. The molecule has 2 fully saturated rings. The van der Waals surface area contributed by atoms with E-state index in [1.807, 2.05) is 0 Å². The smallest absolute Gasteiger partial charge is 0.334 e. The first-order chi connectivity index (χ1) is 11.8. The van der Waals surface area contributed by atoms with Gasteiger partial charge in [0.1, 0.15) is 0 Å². The molecule has 1 aromatic carbocycles. The summed E-state index contributed by atoms with van der Waals surface area (Å²) in [6.45, 7) is 1.13. The molecule has 0 spiro atoms. The van der Waals surface area contributed by atoms with Crippen molar-refractivity contribution in [2.75, 3.05) is 24.5 Å². The number of rotatable bonds is 3. The number of carbonyl (C=O) groups excluding carboxylic acids is 2. The van der Waals surface area contributed by atoms with Crippen LogP contribution in [0.15, 0.2) is 18.2 Å². The van der Waals surface area contributed by atoms with E-state index in [-0.39, 0.29) is 29.7 Å². The Labute approximate surface area is 143 Å². The van der Waals surface area contributed by atoms with E-state index in [4.69, 9.17) is 5.73 Å². The van der Waals surface area contributed by atoms with Crippen molar-refractivity contribution in [3.63, 3.8) is 0 Å². The normalized spacial score (nSPS) is 21.3. The lowest BCUT2D eigenvalue weighted by molar-refractivity contribution is -0.137. The lowest BCUT2D eigenvalue weighted by atomic mass is 10.1. The maximum absolute atomic E-state index is 13.3. The summed E-state index contributed by atoms with van der Waals surface area (Å²) in [5.74, 6) is -0.689. The maximum Gasteiger partial charge on any atom is 0.416 e. The largest absolute Gasteiger partial charge is 0.416 e. The molecule has 2 N–H and O–H groups in total. The highest BCUT2D eigenvalue weighted by Gasteiger charge is 2.35. The molecular formula is C17H20F3N3O2. The monoisotopic (exact) mass is 355 g/mol. The van der Waals surface area contributed by atoms with Crippen LogP contribution in [0, 0.1) is 0 Å². The van der Waals surface area contributed by atoms with E-state index in [1.54, 1.807) is 0 Å². The minimum Gasteiger partial charge on any atom is -0.334 e. The molecule has 5 nitrogen and oxygen atoms in total. The molecule has 136 valence electrons. The third-order valence-corrected chi connectivity index (χ3v) is 4.79.